The van der Waals surface area contributed by atoms with Crippen LogP contribution in [0.25, 0.3) is 0 Å². The Balaban J connectivity index is 1.56. The Kier molecular flexibility index (Phi) is 4.76. The summed E-state index contributed by atoms with van der Waals surface area (Å²) in [5.41, 5.74) is 2.43. The molecule has 0 aliphatic heterocycles. The third-order valence-electron chi connectivity index (χ3n) is 4.32. The fourth-order valence-electron chi connectivity index (χ4n) is 2.97. The predicted molar refractivity (Wildman–Crippen MR) is 89.1 cm³/mol. The maximum absolute atomic E-state index is 4.72. The van der Waals surface area contributed by atoms with Crippen LogP contribution in [0, 0.1) is 0 Å². The molecule has 1 fully saturated rings. The van der Waals surface area contributed by atoms with Gasteiger partial charge < -0.3 is 5.32 Å². The van der Waals surface area contributed by atoms with E-state index in [4.69, 9.17) is 5.10 Å². The van der Waals surface area contributed by atoms with E-state index < -0.39 is 0 Å². The number of aromatic nitrogens is 2. The van der Waals surface area contributed by atoms with Crippen molar-refractivity contribution in [1.82, 2.24) is 15.1 Å². The predicted octanol–water partition coefficient (Wildman–Crippen LogP) is 4.61. The van der Waals surface area contributed by atoms with Gasteiger partial charge in [-0.3, -0.25) is 4.68 Å². The molecule has 0 saturated heterocycles. The second kappa shape index (κ2) is 6.75. The number of hydrogen-bond acceptors (Lipinski definition) is 2. The van der Waals surface area contributed by atoms with Crippen LogP contribution >= 0.6 is 15.9 Å². The number of benzene rings is 1. The molecule has 1 atom stereocenters. The van der Waals surface area contributed by atoms with Crippen molar-refractivity contribution < 1.29 is 0 Å². The molecule has 2 aromatic rings. The van der Waals surface area contributed by atoms with Crippen molar-refractivity contribution in [2.75, 3.05) is 0 Å². The van der Waals surface area contributed by atoms with Crippen molar-refractivity contribution >= 4 is 15.9 Å². The van der Waals surface area contributed by atoms with Crippen LogP contribution in [-0.2, 0) is 6.54 Å². The molecule has 1 aromatic heterocycles. The summed E-state index contributed by atoms with van der Waals surface area (Å²) < 4.78 is 3.28. The first-order valence-corrected chi connectivity index (χ1v) is 8.54. The van der Waals surface area contributed by atoms with Gasteiger partial charge in [-0.05, 0) is 43.5 Å². The number of halogens is 1. The lowest BCUT2D eigenvalue weighted by atomic mass is 10.1. The molecule has 1 aliphatic carbocycles. The van der Waals surface area contributed by atoms with Gasteiger partial charge in [-0.15, -0.1) is 0 Å². The summed E-state index contributed by atoms with van der Waals surface area (Å²) >= 11 is 3.47. The van der Waals surface area contributed by atoms with Crippen molar-refractivity contribution in [3.8, 4) is 0 Å². The number of rotatable bonds is 5. The molecular formula is C17H22BrN3. The summed E-state index contributed by atoms with van der Waals surface area (Å²) in [4.78, 5) is 0. The molecule has 21 heavy (non-hydrogen) atoms. The highest BCUT2D eigenvalue weighted by Gasteiger charge is 2.17. The lowest BCUT2D eigenvalue weighted by Gasteiger charge is -2.13. The topological polar surface area (TPSA) is 29.9 Å². The molecule has 112 valence electrons. The summed E-state index contributed by atoms with van der Waals surface area (Å²) in [6.07, 6.45) is 7.39. The van der Waals surface area contributed by atoms with Crippen molar-refractivity contribution in [3.63, 3.8) is 0 Å². The van der Waals surface area contributed by atoms with Gasteiger partial charge in [0.15, 0.2) is 0 Å². The van der Waals surface area contributed by atoms with Crippen LogP contribution in [0.4, 0.5) is 0 Å². The quantitative estimate of drug-likeness (QED) is 0.855. The SMILES string of the molecule is C[C@@H](NCc1ccn(C2CCCC2)n1)c1ccc(Br)cc1. The highest BCUT2D eigenvalue weighted by Crippen LogP contribution is 2.28. The Morgan fingerprint density at radius 1 is 1.24 bits per heavy atom. The van der Waals surface area contributed by atoms with Crippen LogP contribution in [0.5, 0.6) is 0 Å². The first-order valence-electron chi connectivity index (χ1n) is 7.75. The minimum Gasteiger partial charge on any atom is -0.304 e. The molecule has 1 N–H and O–H groups in total. The number of nitrogens with one attached hydrogen (secondary N) is 1. The van der Waals surface area contributed by atoms with E-state index in [9.17, 15) is 0 Å². The Labute approximate surface area is 134 Å². The maximum atomic E-state index is 4.72. The minimum atomic E-state index is 0.328. The normalized spacial score (nSPS) is 17.2. The monoisotopic (exact) mass is 347 g/mol. The highest BCUT2D eigenvalue weighted by atomic mass is 79.9. The van der Waals surface area contributed by atoms with E-state index in [-0.39, 0.29) is 0 Å². The Hall–Kier alpha value is -1.13. The smallest absolute Gasteiger partial charge is 0.0762 e. The van der Waals surface area contributed by atoms with Crippen LogP contribution in [0.2, 0.25) is 0 Å². The molecule has 1 aliphatic rings. The molecule has 3 nitrogen and oxygen atoms in total. The van der Waals surface area contributed by atoms with Gasteiger partial charge >= 0.3 is 0 Å². The molecule has 0 radical (unpaired) electrons. The molecule has 1 heterocycles. The van der Waals surface area contributed by atoms with E-state index in [1.54, 1.807) is 0 Å². The van der Waals surface area contributed by atoms with Crippen LogP contribution in [0.1, 0.15) is 55.9 Å². The van der Waals surface area contributed by atoms with E-state index in [2.05, 4.69) is 69.4 Å². The molecule has 0 amide bonds. The van der Waals surface area contributed by atoms with Gasteiger partial charge in [0.2, 0.25) is 0 Å². The van der Waals surface area contributed by atoms with E-state index in [0.29, 0.717) is 12.1 Å². The van der Waals surface area contributed by atoms with Gasteiger partial charge in [0.1, 0.15) is 0 Å². The van der Waals surface area contributed by atoms with Gasteiger partial charge in [-0.1, -0.05) is 40.9 Å². The second-order valence-corrected chi connectivity index (χ2v) is 6.80. The lowest BCUT2D eigenvalue weighted by molar-refractivity contribution is 0.458. The zero-order valence-electron chi connectivity index (χ0n) is 12.4. The van der Waals surface area contributed by atoms with E-state index in [0.717, 1.165) is 16.7 Å². The van der Waals surface area contributed by atoms with Crippen molar-refractivity contribution in [1.29, 1.82) is 0 Å². The molecule has 0 bridgehead atoms. The summed E-state index contributed by atoms with van der Waals surface area (Å²) in [6.45, 7) is 3.01. The van der Waals surface area contributed by atoms with Crippen LogP contribution in [0.3, 0.4) is 0 Å². The zero-order valence-corrected chi connectivity index (χ0v) is 14.0. The van der Waals surface area contributed by atoms with Crippen LogP contribution in [-0.4, -0.2) is 9.78 Å². The number of hydrogen-bond donors (Lipinski definition) is 1. The highest BCUT2D eigenvalue weighted by molar-refractivity contribution is 9.10. The van der Waals surface area contributed by atoms with Gasteiger partial charge in [-0.2, -0.15) is 5.10 Å². The molecular weight excluding hydrogens is 326 g/mol. The van der Waals surface area contributed by atoms with Crippen molar-refractivity contribution in [3.05, 3.63) is 52.3 Å². The van der Waals surface area contributed by atoms with Crippen LogP contribution < -0.4 is 5.32 Å². The molecule has 4 heteroatoms. The minimum absolute atomic E-state index is 0.328. The standard InChI is InChI=1S/C17H22BrN3/c1-13(14-6-8-15(18)9-7-14)19-12-16-10-11-21(20-16)17-4-2-3-5-17/h6-11,13,17,19H,2-5,12H2,1H3/t13-/m1/s1. The third-order valence-corrected chi connectivity index (χ3v) is 4.85. The third kappa shape index (κ3) is 3.74. The van der Waals surface area contributed by atoms with E-state index in [1.165, 1.54) is 31.2 Å². The first-order chi connectivity index (χ1) is 10.2. The molecule has 1 saturated carbocycles. The Morgan fingerprint density at radius 3 is 2.67 bits per heavy atom. The lowest BCUT2D eigenvalue weighted by Crippen LogP contribution is -2.18. The van der Waals surface area contributed by atoms with Crippen LogP contribution in [0.15, 0.2) is 41.0 Å². The van der Waals surface area contributed by atoms with E-state index >= 15 is 0 Å². The van der Waals surface area contributed by atoms with Crippen molar-refractivity contribution in [2.24, 2.45) is 0 Å². The molecule has 1 aromatic carbocycles. The summed E-state index contributed by atoms with van der Waals surface area (Å²) in [5.74, 6) is 0. The van der Waals surface area contributed by atoms with Gasteiger partial charge in [0, 0.05) is 23.3 Å². The van der Waals surface area contributed by atoms with E-state index in [1.807, 2.05) is 0 Å². The average molecular weight is 348 g/mol. The van der Waals surface area contributed by atoms with Gasteiger partial charge in [-0.25, -0.2) is 0 Å². The molecule has 3 rings (SSSR count). The molecule has 0 unspecified atom stereocenters. The maximum Gasteiger partial charge on any atom is 0.0762 e. The largest absolute Gasteiger partial charge is 0.304 e. The number of nitrogens with zero attached hydrogens (tertiary/aromatic N) is 2. The Morgan fingerprint density at radius 2 is 1.95 bits per heavy atom. The summed E-state index contributed by atoms with van der Waals surface area (Å²) in [5, 5.41) is 8.27. The first kappa shape index (κ1) is 14.8. The second-order valence-electron chi connectivity index (χ2n) is 5.88. The van der Waals surface area contributed by atoms with Gasteiger partial charge in [0.05, 0.1) is 11.7 Å². The summed E-state index contributed by atoms with van der Waals surface area (Å²) in [6, 6.07) is 11.6. The fraction of sp³-hybridized carbons (Fsp3) is 0.471. The molecule has 0 spiro atoms. The Bertz CT molecular complexity index is 570. The average Bonchev–Trinajstić information content (AvgIpc) is 3.16. The fourth-order valence-corrected chi connectivity index (χ4v) is 3.24. The van der Waals surface area contributed by atoms with Crippen molar-refractivity contribution in [2.45, 2.75) is 51.2 Å². The summed E-state index contributed by atoms with van der Waals surface area (Å²) in [7, 11) is 0. The zero-order chi connectivity index (χ0) is 14.7. The van der Waals surface area contributed by atoms with Gasteiger partial charge in [0.25, 0.3) is 0 Å².